The van der Waals surface area contributed by atoms with E-state index in [0.717, 1.165) is 61.1 Å². The van der Waals surface area contributed by atoms with E-state index in [1.807, 2.05) is 18.2 Å². The van der Waals surface area contributed by atoms with Crippen LogP contribution in [0, 0.1) is 17.6 Å². The Morgan fingerprint density at radius 2 is 1.84 bits per heavy atom. The lowest BCUT2D eigenvalue weighted by molar-refractivity contribution is -0.122. The van der Waals surface area contributed by atoms with E-state index in [0.29, 0.717) is 12.1 Å². The molecule has 1 aliphatic heterocycles. The van der Waals surface area contributed by atoms with Gasteiger partial charge in [-0.3, -0.25) is 4.79 Å². The highest BCUT2D eigenvalue weighted by molar-refractivity contribution is 6.02. The molecule has 0 spiro atoms. The van der Waals surface area contributed by atoms with Gasteiger partial charge < -0.3 is 19.9 Å². The van der Waals surface area contributed by atoms with E-state index >= 15 is 0 Å². The lowest BCUT2D eigenvalue weighted by Crippen LogP contribution is -2.36. The van der Waals surface area contributed by atoms with Gasteiger partial charge in [0.25, 0.3) is 6.47 Å². The number of aldehydes is 1. The summed E-state index contributed by atoms with van der Waals surface area (Å²) in [4.78, 5) is 30.4. The van der Waals surface area contributed by atoms with Crippen LogP contribution >= 0.6 is 0 Å². The van der Waals surface area contributed by atoms with Crippen LogP contribution in [0.15, 0.2) is 42.7 Å². The molecule has 2 N–H and O–H groups in total. The molecule has 2 heterocycles. The highest BCUT2D eigenvalue weighted by Gasteiger charge is 2.23. The standard InChI is InChI=1S/C20H17F2N3O.CH2O2.CH4O/c21-16-7-6-14(9-17(16)22)15-4-1-5-18-19(15)20(24-12-23-18)25-8-2-3-13(10-25)11-26;2-1-3;1-2/h1,4-7,9,11-13H,2-3,8,10H2;1H,(H,2,3);2H,1H3. The third-order valence-corrected chi connectivity index (χ3v) is 4.82. The Morgan fingerprint density at radius 1 is 1.10 bits per heavy atom. The van der Waals surface area contributed by atoms with Crippen LogP contribution in [0.3, 0.4) is 0 Å². The SMILES string of the molecule is CO.O=CC1CCCN(c2ncnc3cccc(-c4ccc(F)c(F)c4)c23)C1.O=CO. The molecule has 3 aromatic rings. The normalized spacial score (nSPS) is 15.2. The molecule has 4 rings (SSSR count). The average Bonchev–Trinajstić information content (AvgIpc) is 2.82. The van der Waals surface area contributed by atoms with Gasteiger partial charge in [0.1, 0.15) is 18.4 Å². The lowest BCUT2D eigenvalue weighted by Gasteiger charge is -2.32. The summed E-state index contributed by atoms with van der Waals surface area (Å²) in [6, 6.07) is 9.41. The molecule has 1 fully saturated rings. The number of fused-ring (bicyclic) bond motifs is 1. The van der Waals surface area contributed by atoms with Crippen LogP contribution < -0.4 is 4.90 Å². The van der Waals surface area contributed by atoms with E-state index in [2.05, 4.69) is 14.9 Å². The van der Waals surface area contributed by atoms with Crippen LogP contribution in [0.25, 0.3) is 22.0 Å². The van der Waals surface area contributed by atoms with Gasteiger partial charge in [-0.05, 0) is 42.2 Å². The molecule has 1 atom stereocenters. The fourth-order valence-electron chi connectivity index (χ4n) is 3.55. The van der Waals surface area contributed by atoms with Crippen molar-refractivity contribution in [2.24, 2.45) is 5.92 Å². The summed E-state index contributed by atoms with van der Waals surface area (Å²) in [5.74, 6) is -1.07. The van der Waals surface area contributed by atoms with Crippen LogP contribution in [-0.2, 0) is 9.59 Å². The Hall–Kier alpha value is -3.46. The minimum atomic E-state index is -0.892. The van der Waals surface area contributed by atoms with Gasteiger partial charge >= 0.3 is 0 Å². The van der Waals surface area contributed by atoms with E-state index in [-0.39, 0.29) is 12.4 Å². The van der Waals surface area contributed by atoms with Crippen molar-refractivity contribution in [3.63, 3.8) is 0 Å². The first-order chi connectivity index (χ1) is 15.1. The third-order valence-electron chi connectivity index (χ3n) is 4.82. The number of nitrogens with zero attached hydrogens (tertiary/aromatic N) is 3. The van der Waals surface area contributed by atoms with E-state index in [9.17, 15) is 13.6 Å². The van der Waals surface area contributed by atoms with Crippen molar-refractivity contribution >= 4 is 29.5 Å². The summed E-state index contributed by atoms with van der Waals surface area (Å²) >= 11 is 0. The fraction of sp³-hybridized carbons (Fsp3) is 0.273. The average molecular weight is 431 g/mol. The van der Waals surface area contributed by atoms with Crippen molar-refractivity contribution in [1.29, 1.82) is 0 Å². The summed E-state index contributed by atoms with van der Waals surface area (Å²) in [6.45, 7) is 1.14. The number of aliphatic hydroxyl groups excluding tert-OH is 1. The van der Waals surface area contributed by atoms with Gasteiger partial charge in [0, 0.05) is 26.1 Å². The van der Waals surface area contributed by atoms with Crippen LogP contribution in [0.2, 0.25) is 0 Å². The van der Waals surface area contributed by atoms with Gasteiger partial charge in [0.2, 0.25) is 0 Å². The number of aliphatic hydroxyl groups is 1. The number of anilines is 1. The zero-order chi connectivity index (χ0) is 22.8. The third kappa shape index (κ3) is 5.58. The van der Waals surface area contributed by atoms with Crippen LogP contribution in [0.1, 0.15) is 12.8 Å². The molecule has 0 saturated carbocycles. The zero-order valence-corrected chi connectivity index (χ0v) is 16.9. The highest BCUT2D eigenvalue weighted by atomic mass is 19.2. The van der Waals surface area contributed by atoms with Crippen molar-refractivity contribution in [2.75, 3.05) is 25.1 Å². The van der Waals surface area contributed by atoms with Crippen molar-refractivity contribution < 1.29 is 28.6 Å². The molecule has 1 aliphatic rings. The maximum Gasteiger partial charge on any atom is 0.290 e. The Kier molecular flexibility index (Phi) is 8.95. The molecule has 0 bridgehead atoms. The van der Waals surface area contributed by atoms with Gasteiger partial charge in [0.05, 0.1) is 10.9 Å². The summed E-state index contributed by atoms with van der Waals surface area (Å²) in [5, 5.41) is 14.7. The van der Waals surface area contributed by atoms with Gasteiger partial charge in [-0.1, -0.05) is 18.2 Å². The maximum atomic E-state index is 13.8. The first-order valence-electron chi connectivity index (χ1n) is 9.51. The minimum absolute atomic E-state index is 0.0239. The minimum Gasteiger partial charge on any atom is -0.483 e. The summed E-state index contributed by atoms with van der Waals surface area (Å²) < 4.78 is 27.1. The molecular weight excluding hydrogens is 408 g/mol. The van der Waals surface area contributed by atoms with Gasteiger partial charge in [0.15, 0.2) is 11.6 Å². The number of hydrogen-bond donors (Lipinski definition) is 2. The number of aromatic nitrogens is 2. The Balaban J connectivity index is 0.000000630. The predicted octanol–water partition coefficient (Wildman–Crippen LogP) is 3.30. The number of hydrogen-bond acceptors (Lipinski definition) is 6. The number of carbonyl (C=O) groups excluding carboxylic acids is 1. The topological polar surface area (TPSA) is 104 Å². The molecule has 31 heavy (non-hydrogen) atoms. The molecule has 2 aromatic carbocycles. The molecule has 0 amide bonds. The van der Waals surface area contributed by atoms with E-state index in [1.54, 1.807) is 6.07 Å². The first kappa shape index (κ1) is 23.8. The second-order valence-corrected chi connectivity index (χ2v) is 6.62. The van der Waals surface area contributed by atoms with Crippen LogP contribution in [-0.4, -0.2) is 53.1 Å². The second-order valence-electron chi connectivity index (χ2n) is 6.62. The van der Waals surface area contributed by atoms with Crippen molar-refractivity contribution in [1.82, 2.24) is 9.97 Å². The quantitative estimate of drug-likeness (QED) is 0.613. The Morgan fingerprint density at radius 3 is 2.52 bits per heavy atom. The van der Waals surface area contributed by atoms with E-state index < -0.39 is 11.6 Å². The molecule has 0 aliphatic carbocycles. The number of piperidine rings is 1. The van der Waals surface area contributed by atoms with Crippen molar-refractivity contribution in [3.05, 3.63) is 54.4 Å². The zero-order valence-electron chi connectivity index (χ0n) is 16.9. The Labute approximate surface area is 178 Å². The molecule has 1 unspecified atom stereocenters. The van der Waals surface area contributed by atoms with Crippen LogP contribution in [0.4, 0.5) is 14.6 Å². The molecule has 164 valence electrons. The monoisotopic (exact) mass is 431 g/mol. The van der Waals surface area contributed by atoms with Gasteiger partial charge in [-0.25, -0.2) is 18.7 Å². The molecule has 7 nitrogen and oxygen atoms in total. The predicted molar refractivity (Wildman–Crippen MR) is 113 cm³/mol. The maximum absolute atomic E-state index is 13.8. The van der Waals surface area contributed by atoms with Crippen molar-refractivity contribution in [2.45, 2.75) is 12.8 Å². The Bertz CT molecular complexity index is 1030. The van der Waals surface area contributed by atoms with E-state index in [4.69, 9.17) is 15.0 Å². The number of carbonyl (C=O) groups is 2. The summed E-state index contributed by atoms with van der Waals surface area (Å²) in [5.41, 5.74) is 2.03. The second kappa shape index (κ2) is 11.7. The molecule has 1 saturated heterocycles. The molecule has 1 aromatic heterocycles. The van der Waals surface area contributed by atoms with E-state index in [1.165, 1.54) is 12.4 Å². The number of benzene rings is 2. The van der Waals surface area contributed by atoms with Crippen LogP contribution in [0.5, 0.6) is 0 Å². The highest BCUT2D eigenvalue weighted by Crippen LogP contribution is 2.35. The smallest absolute Gasteiger partial charge is 0.290 e. The molecule has 9 heteroatoms. The number of carboxylic acid groups (broad SMARTS) is 1. The largest absolute Gasteiger partial charge is 0.483 e. The molecule has 0 radical (unpaired) electrons. The fourth-order valence-corrected chi connectivity index (χ4v) is 3.55. The number of halogens is 2. The van der Waals surface area contributed by atoms with Gasteiger partial charge in [-0.15, -0.1) is 0 Å². The summed E-state index contributed by atoms with van der Waals surface area (Å²) in [7, 11) is 1.00. The first-order valence-corrected chi connectivity index (χ1v) is 9.51. The lowest BCUT2D eigenvalue weighted by atomic mass is 9.97. The summed E-state index contributed by atoms with van der Waals surface area (Å²) in [6.07, 6.45) is 4.27. The van der Waals surface area contributed by atoms with Gasteiger partial charge in [-0.2, -0.15) is 0 Å². The van der Waals surface area contributed by atoms with Crippen molar-refractivity contribution in [3.8, 4) is 11.1 Å². The molecular formula is C22H23F2N3O4. The number of rotatable bonds is 3.